The Morgan fingerprint density at radius 3 is 2.16 bits per heavy atom. The molecule has 32 heavy (non-hydrogen) atoms. The van der Waals surface area contributed by atoms with Gasteiger partial charge >= 0.3 is 0 Å². The number of rotatable bonds is 14. The van der Waals surface area contributed by atoms with Gasteiger partial charge < -0.3 is 14.4 Å². The van der Waals surface area contributed by atoms with Crippen molar-refractivity contribution in [3.8, 4) is 0 Å². The Morgan fingerprint density at radius 1 is 0.875 bits per heavy atom. The van der Waals surface area contributed by atoms with E-state index in [1.807, 2.05) is 30.0 Å². The van der Waals surface area contributed by atoms with Crippen LogP contribution in [0.15, 0.2) is 47.1 Å². The van der Waals surface area contributed by atoms with E-state index in [1.165, 1.54) is 5.56 Å². The van der Waals surface area contributed by atoms with Crippen molar-refractivity contribution < 1.29 is 9.59 Å². The topological polar surface area (TPSA) is 45.6 Å². The van der Waals surface area contributed by atoms with Gasteiger partial charge in [-0.1, -0.05) is 61.7 Å². The molecule has 0 saturated carbocycles. The second-order valence-corrected chi connectivity index (χ2v) is 9.26. The summed E-state index contributed by atoms with van der Waals surface area (Å²) < 4.78 is 3.27. The van der Waals surface area contributed by atoms with Gasteiger partial charge in [0.25, 0.3) is 0 Å². The molecule has 0 aliphatic carbocycles. The lowest BCUT2D eigenvalue weighted by molar-refractivity contribution is -0.141. The number of amides is 2. The summed E-state index contributed by atoms with van der Waals surface area (Å²) in [6, 6.07) is 12.4. The van der Waals surface area contributed by atoms with Crippen molar-refractivity contribution in [2.75, 3.05) is 19.6 Å². The minimum atomic E-state index is 0.0374. The van der Waals surface area contributed by atoms with Crippen LogP contribution < -0.4 is 0 Å². The molecule has 0 saturated heterocycles. The van der Waals surface area contributed by atoms with Crippen LogP contribution in [0.5, 0.6) is 0 Å². The first-order valence-corrected chi connectivity index (χ1v) is 12.7. The van der Waals surface area contributed by atoms with Crippen molar-refractivity contribution in [3.05, 3.63) is 58.3 Å². The van der Waals surface area contributed by atoms with Gasteiger partial charge in [-0.25, -0.2) is 0 Å². The van der Waals surface area contributed by atoms with E-state index in [0.29, 0.717) is 26.1 Å². The zero-order chi connectivity index (χ0) is 23.3. The lowest BCUT2D eigenvalue weighted by Crippen LogP contribution is -2.43. The zero-order valence-corrected chi connectivity index (χ0v) is 21.4. The van der Waals surface area contributed by atoms with Crippen LogP contribution in [0.4, 0.5) is 0 Å². The molecule has 1 aromatic heterocycles. The summed E-state index contributed by atoms with van der Waals surface area (Å²) in [5.41, 5.74) is 2.32. The Labute approximate surface area is 201 Å². The number of hydrogen-bond acceptors (Lipinski definition) is 2. The van der Waals surface area contributed by atoms with Crippen molar-refractivity contribution >= 4 is 27.7 Å². The number of unbranched alkanes of at least 4 members (excludes halogenated alkanes) is 2. The number of benzene rings is 1. The molecule has 176 valence electrons. The zero-order valence-electron chi connectivity index (χ0n) is 19.9. The maximum Gasteiger partial charge on any atom is 0.242 e. The lowest BCUT2D eigenvalue weighted by atomic mass is 10.2. The number of carbonyl (C=O) groups is 2. The molecule has 5 nitrogen and oxygen atoms in total. The summed E-state index contributed by atoms with van der Waals surface area (Å²) in [6.07, 6.45) is 7.29. The Hall–Kier alpha value is -2.08. The van der Waals surface area contributed by atoms with Crippen LogP contribution in [-0.2, 0) is 22.7 Å². The van der Waals surface area contributed by atoms with E-state index in [2.05, 4.69) is 58.7 Å². The molecule has 0 aliphatic rings. The standard InChI is InChI=1S/C26H38BrN3O2/c1-4-7-16-29(26(32)21-30(17-8-5-2)25(31)10-6-3)20-24-11-9-18-28(24)19-22-12-14-23(27)15-13-22/h9,11-15,18H,4-8,10,16-17,19-21H2,1-3H3. The molecule has 0 spiro atoms. The molecule has 0 fully saturated rings. The average molecular weight is 505 g/mol. The van der Waals surface area contributed by atoms with E-state index in [0.717, 1.165) is 48.8 Å². The van der Waals surface area contributed by atoms with Gasteiger partial charge in [-0.15, -0.1) is 0 Å². The molecule has 0 N–H and O–H groups in total. The van der Waals surface area contributed by atoms with E-state index < -0.39 is 0 Å². The Balaban J connectivity index is 2.12. The van der Waals surface area contributed by atoms with E-state index in [1.54, 1.807) is 4.90 Å². The molecule has 0 radical (unpaired) electrons. The van der Waals surface area contributed by atoms with Crippen molar-refractivity contribution in [1.82, 2.24) is 14.4 Å². The maximum atomic E-state index is 13.3. The second kappa shape index (κ2) is 14.1. The van der Waals surface area contributed by atoms with Crippen LogP contribution in [0.1, 0.15) is 70.6 Å². The van der Waals surface area contributed by atoms with Crippen LogP contribution >= 0.6 is 15.9 Å². The fourth-order valence-corrected chi connectivity index (χ4v) is 3.91. The minimum Gasteiger partial charge on any atom is -0.345 e. The molecule has 1 aromatic carbocycles. The minimum absolute atomic E-state index is 0.0374. The van der Waals surface area contributed by atoms with Crippen LogP contribution in [0, 0.1) is 0 Å². The first-order chi connectivity index (χ1) is 15.5. The van der Waals surface area contributed by atoms with Crippen LogP contribution in [0.25, 0.3) is 0 Å². The highest BCUT2D eigenvalue weighted by Gasteiger charge is 2.21. The molecule has 0 unspecified atom stereocenters. The SMILES string of the molecule is CCCCN(CC(=O)N(CCCC)Cc1cccn1Cc1ccc(Br)cc1)C(=O)CCC. The van der Waals surface area contributed by atoms with E-state index >= 15 is 0 Å². The molecule has 2 aromatic rings. The molecule has 1 heterocycles. The van der Waals surface area contributed by atoms with Gasteiger partial charge in [-0.05, 0) is 49.1 Å². The molecule has 2 amide bonds. The van der Waals surface area contributed by atoms with Crippen molar-refractivity contribution in [1.29, 1.82) is 0 Å². The largest absolute Gasteiger partial charge is 0.345 e. The third-order valence-corrected chi connectivity index (χ3v) is 6.13. The van der Waals surface area contributed by atoms with E-state index in [4.69, 9.17) is 0 Å². The van der Waals surface area contributed by atoms with Crippen molar-refractivity contribution in [2.24, 2.45) is 0 Å². The van der Waals surface area contributed by atoms with Gasteiger partial charge in [0, 0.05) is 42.4 Å². The fraction of sp³-hybridized carbons (Fsp3) is 0.538. The number of halogens is 1. The smallest absolute Gasteiger partial charge is 0.242 e. The summed E-state index contributed by atoms with van der Waals surface area (Å²) in [5, 5.41) is 0. The Bertz CT molecular complexity index is 832. The molecular weight excluding hydrogens is 466 g/mol. The Morgan fingerprint density at radius 2 is 1.53 bits per heavy atom. The second-order valence-electron chi connectivity index (χ2n) is 8.34. The van der Waals surface area contributed by atoms with Gasteiger partial charge in [0.1, 0.15) is 0 Å². The quantitative estimate of drug-likeness (QED) is 0.324. The first-order valence-electron chi connectivity index (χ1n) is 11.9. The van der Waals surface area contributed by atoms with Crippen LogP contribution in [0.3, 0.4) is 0 Å². The number of aromatic nitrogens is 1. The summed E-state index contributed by atoms with van der Waals surface area (Å²) in [5.74, 6) is 0.124. The molecular formula is C26H38BrN3O2. The Kier molecular flexibility index (Phi) is 11.6. The van der Waals surface area contributed by atoms with Gasteiger partial charge in [0.2, 0.25) is 11.8 Å². The number of hydrogen-bond donors (Lipinski definition) is 0. The lowest BCUT2D eigenvalue weighted by Gasteiger charge is -2.28. The highest BCUT2D eigenvalue weighted by atomic mass is 79.9. The average Bonchev–Trinajstić information content (AvgIpc) is 3.22. The predicted molar refractivity (Wildman–Crippen MR) is 134 cm³/mol. The maximum absolute atomic E-state index is 13.3. The van der Waals surface area contributed by atoms with Crippen LogP contribution in [0.2, 0.25) is 0 Å². The highest BCUT2D eigenvalue weighted by Crippen LogP contribution is 2.15. The van der Waals surface area contributed by atoms with E-state index in [-0.39, 0.29) is 18.4 Å². The van der Waals surface area contributed by atoms with Gasteiger partial charge in [-0.2, -0.15) is 0 Å². The summed E-state index contributed by atoms with van der Waals surface area (Å²) in [7, 11) is 0. The third kappa shape index (κ3) is 8.45. The third-order valence-electron chi connectivity index (χ3n) is 5.60. The van der Waals surface area contributed by atoms with Crippen LogP contribution in [-0.4, -0.2) is 45.8 Å². The molecule has 0 aliphatic heterocycles. The van der Waals surface area contributed by atoms with Crippen molar-refractivity contribution in [2.45, 2.75) is 72.4 Å². The van der Waals surface area contributed by atoms with Gasteiger partial charge in [-0.3, -0.25) is 9.59 Å². The summed E-state index contributed by atoms with van der Waals surface area (Å²) in [6.45, 7) is 9.12. The van der Waals surface area contributed by atoms with Crippen molar-refractivity contribution in [3.63, 3.8) is 0 Å². The summed E-state index contributed by atoms with van der Waals surface area (Å²) in [4.78, 5) is 29.5. The fourth-order valence-electron chi connectivity index (χ4n) is 3.65. The monoisotopic (exact) mass is 503 g/mol. The first kappa shape index (κ1) is 26.2. The summed E-state index contributed by atoms with van der Waals surface area (Å²) >= 11 is 3.49. The molecule has 2 rings (SSSR count). The molecule has 0 atom stereocenters. The molecule has 0 bridgehead atoms. The predicted octanol–water partition coefficient (Wildman–Crippen LogP) is 5.86. The molecule has 6 heteroatoms. The number of carbonyl (C=O) groups excluding carboxylic acids is 2. The van der Waals surface area contributed by atoms with Gasteiger partial charge in [0.15, 0.2) is 0 Å². The number of nitrogens with zero attached hydrogens (tertiary/aromatic N) is 3. The van der Waals surface area contributed by atoms with E-state index in [9.17, 15) is 9.59 Å². The highest BCUT2D eigenvalue weighted by molar-refractivity contribution is 9.10. The van der Waals surface area contributed by atoms with Gasteiger partial charge in [0.05, 0.1) is 13.1 Å². The normalized spacial score (nSPS) is 10.9.